The monoisotopic (exact) mass is 428 g/mol. The lowest BCUT2D eigenvalue weighted by atomic mass is 10.2. The first-order valence-corrected chi connectivity index (χ1v) is 10.5. The minimum Gasteiger partial charge on any atom is -0.492 e. The summed E-state index contributed by atoms with van der Waals surface area (Å²) in [6.07, 6.45) is 1.47. The third-order valence-corrected chi connectivity index (χ3v) is 5.17. The van der Waals surface area contributed by atoms with E-state index in [1.165, 1.54) is 18.1 Å². The number of amides is 1. The number of para-hydroxylation sites is 2. The lowest BCUT2D eigenvalue weighted by molar-refractivity contribution is -0.113. The molecule has 0 saturated carbocycles. The molecule has 0 bridgehead atoms. The topological polar surface area (TPSA) is 76.1 Å². The molecule has 0 saturated heterocycles. The predicted molar refractivity (Wildman–Crippen MR) is 118 cm³/mol. The molecule has 1 heterocycles. The lowest BCUT2D eigenvalue weighted by Crippen LogP contribution is -2.15. The summed E-state index contributed by atoms with van der Waals surface area (Å²) in [5.41, 5.74) is 1.64. The van der Waals surface area contributed by atoms with Crippen molar-refractivity contribution in [2.45, 2.75) is 18.5 Å². The fourth-order valence-corrected chi connectivity index (χ4v) is 3.39. The maximum Gasteiger partial charge on any atom is 0.234 e. The van der Waals surface area contributed by atoms with Crippen molar-refractivity contribution in [3.05, 3.63) is 71.5 Å². The van der Waals surface area contributed by atoms with Gasteiger partial charge < -0.3 is 15.4 Å². The van der Waals surface area contributed by atoms with E-state index in [1.54, 1.807) is 0 Å². The highest BCUT2D eigenvalue weighted by molar-refractivity contribution is 7.99. The maximum atomic E-state index is 12.3. The van der Waals surface area contributed by atoms with Gasteiger partial charge in [-0.05, 0) is 30.7 Å². The Morgan fingerprint density at radius 2 is 1.93 bits per heavy atom. The number of hydrogen-bond acceptors (Lipinski definition) is 6. The van der Waals surface area contributed by atoms with Crippen LogP contribution in [0, 0.1) is 0 Å². The first kappa shape index (κ1) is 21.0. The van der Waals surface area contributed by atoms with Crippen molar-refractivity contribution >= 4 is 40.8 Å². The molecule has 1 amide bonds. The molecule has 1 aromatic heterocycles. The molecule has 2 aromatic carbocycles. The van der Waals surface area contributed by atoms with Crippen molar-refractivity contribution in [3.8, 4) is 5.75 Å². The standard InChI is InChI=1S/C21H21ClN4O2S/c1-2-28-18-10-6-5-9-17(18)26-20(27)13-29-21-11-19(24-14-25-21)23-12-15-7-3-4-8-16(15)22/h3-11,14H,2,12-13H2,1H3,(H,26,27)(H,23,24,25). The van der Waals surface area contributed by atoms with E-state index in [0.29, 0.717) is 40.5 Å². The molecule has 3 rings (SSSR count). The van der Waals surface area contributed by atoms with Crippen LogP contribution < -0.4 is 15.4 Å². The fraction of sp³-hybridized carbons (Fsp3) is 0.190. The van der Waals surface area contributed by atoms with Gasteiger partial charge in [0.25, 0.3) is 0 Å². The van der Waals surface area contributed by atoms with E-state index < -0.39 is 0 Å². The Morgan fingerprint density at radius 1 is 1.14 bits per heavy atom. The van der Waals surface area contributed by atoms with Crippen molar-refractivity contribution < 1.29 is 9.53 Å². The van der Waals surface area contributed by atoms with Gasteiger partial charge in [-0.15, -0.1) is 0 Å². The van der Waals surface area contributed by atoms with E-state index in [2.05, 4.69) is 20.6 Å². The second kappa shape index (κ2) is 10.7. The second-order valence-corrected chi connectivity index (χ2v) is 7.36. The van der Waals surface area contributed by atoms with Crippen LogP contribution in [-0.2, 0) is 11.3 Å². The number of rotatable bonds is 9. The highest BCUT2D eigenvalue weighted by atomic mass is 35.5. The van der Waals surface area contributed by atoms with Crippen molar-refractivity contribution in [2.75, 3.05) is 23.0 Å². The van der Waals surface area contributed by atoms with E-state index >= 15 is 0 Å². The number of nitrogens with zero attached hydrogens (tertiary/aromatic N) is 2. The van der Waals surface area contributed by atoms with Gasteiger partial charge >= 0.3 is 0 Å². The van der Waals surface area contributed by atoms with Gasteiger partial charge in [0, 0.05) is 17.6 Å². The SMILES string of the molecule is CCOc1ccccc1NC(=O)CSc1cc(NCc2ccccc2Cl)ncn1. The van der Waals surface area contributed by atoms with E-state index in [-0.39, 0.29) is 11.7 Å². The summed E-state index contributed by atoms with van der Waals surface area (Å²) in [5.74, 6) is 1.42. The molecule has 0 aliphatic rings. The Balaban J connectivity index is 1.54. The van der Waals surface area contributed by atoms with Crippen molar-refractivity contribution in [1.82, 2.24) is 9.97 Å². The maximum absolute atomic E-state index is 12.3. The van der Waals surface area contributed by atoms with Crippen LogP contribution in [0.2, 0.25) is 5.02 Å². The number of anilines is 2. The Kier molecular flexibility index (Phi) is 7.72. The Hall–Kier alpha value is -2.77. The molecular formula is C21H21ClN4O2S. The van der Waals surface area contributed by atoms with Gasteiger partial charge in [-0.25, -0.2) is 9.97 Å². The Labute approximate surface area is 179 Å². The molecule has 0 unspecified atom stereocenters. The summed E-state index contributed by atoms with van der Waals surface area (Å²) in [7, 11) is 0. The summed E-state index contributed by atoms with van der Waals surface area (Å²) in [6.45, 7) is 2.99. The molecule has 2 N–H and O–H groups in total. The molecule has 8 heteroatoms. The van der Waals surface area contributed by atoms with Crippen LogP contribution in [0.15, 0.2) is 66.0 Å². The zero-order chi connectivity index (χ0) is 20.5. The number of ether oxygens (including phenoxy) is 1. The molecule has 0 aliphatic heterocycles. The van der Waals surface area contributed by atoms with Crippen LogP contribution in [0.4, 0.5) is 11.5 Å². The number of carbonyl (C=O) groups is 1. The fourth-order valence-electron chi connectivity index (χ4n) is 2.52. The first-order valence-electron chi connectivity index (χ1n) is 9.09. The van der Waals surface area contributed by atoms with Crippen LogP contribution >= 0.6 is 23.4 Å². The minimum atomic E-state index is -0.133. The normalized spacial score (nSPS) is 10.4. The third-order valence-electron chi connectivity index (χ3n) is 3.87. The lowest BCUT2D eigenvalue weighted by Gasteiger charge is -2.11. The van der Waals surface area contributed by atoms with Crippen molar-refractivity contribution in [2.24, 2.45) is 0 Å². The minimum absolute atomic E-state index is 0.133. The van der Waals surface area contributed by atoms with E-state index in [4.69, 9.17) is 16.3 Å². The first-order chi connectivity index (χ1) is 14.2. The third kappa shape index (κ3) is 6.37. The van der Waals surface area contributed by atoms with E-state index in [0.717, 1.165) is 5.56 Å². The highest BCUT2D eigenvalue weighted by Crippen LogP contribution is 2.25. The Bertz CT molecular complexity index is 971. The van der Waals surface area contributed by atoms with Gasteiger partial charge in [-0.1, -0.05) is 53.7 Å². The quantitative estimate of drug-likeness (QED) is 0.374. The summed E-state index contributed by atoms with van der Waals surface area (Å²) in [5, 5.41) is 7.50. The molecule has 0 aliphatic carbocycles. The van der Waals surface area contributed by atoms with Gasteiger partial charge in [0.1, 0.15) is 22.9 Å². The summed E-state index contributed by atoms with van der Waals surface area (Å²) < 4.78 is 5.53. The molecule has 150 valence electrons. The number of nitrogens with one attached hydrogen (secondary N) is 2. The number of carbonyl (C=O) groups excluding carboxylic acids is 1. The van der Waals surface area contributed by atoms with Crippen LogP contribution in [0.1, 0.15) is 12.5 Å². The average Bonchev–Trinajstić information content (AvgIpc) is 2.74. The number of aromatic nitrogens is 2. The summed E-state index contributed by atoms with van der Waals surface area (Å²) >= 11 is 7.51. The van der Waals surface area contributed by atoms with Gasteiger partial charge in [0.15, 0.2) is 0 Å². The van der Waals surface area contributed by atoms with Gasteiger partial charge in [0.05, 0.1) is 18.0 Å². The number of thioether (sulfide) groups is 1. The van der Waals surface area contributed by atoms with Gasteiger partial charge in [-0.3, -0.25) is 4.79 Å². The number of halogens is 1. The average molecular weight is 429 g/mol. The van der Waals surface area contributed by atoms with Crippen LogP contribution in [0.5, 0.6) is 5.75 Å². The van der Waals surface area contributed by atoms with Crippen LogP contribution in [0.3, 0.4) is 0 Å². The number of benzene rings is 2. The number of hydrogen-bond donors (Lipinski definition) is 2. The van der Waals surface area contributed by atoms with Crippen LogP contribution in [-0.4, -0.2) is 28.2 Å². The van der Waals surface area contributed by atoms with Gasteiger partial charge in [0.2, 0.25) is 5.91 Å². The van der Waals surface area contributed by atoms with E-state index in [1.807, 2.05) is 61.5 Å². The van der Waals surface area contributed by atoms with Gasteiger partial charge in [-0.2, -0.15) is 0 Å². The molecule has 3 aromatic rings. The molecule has 0 radical (unpaired) electrons. The summed E-state index contributed by atoms with van der Waals surface area (Å²) in [4.78, 5) is 20.7. The molecular weight excluding hydrogens is 408 g/mol. The largest absolute Gasteiger partial charge is 0.492 e. The van der Waals surface area contributed by atoms with Crippen molar-refractivity contribution in [1.29, 1.82) is 0 Å². The zero-order valence-corrected chi connectivity index (χ0v) is 17.5. The van der Waals surface area contributed by atoms with Crippen LogP contribution in [0.25, 0.3) is 0 Å². The Morgan fingerprint density at radius 3 is 2.76 bits per heavy atom. The van der Waals surface area contributed by atoms with Crippen molar-refractivity contribution in [3.63, 3.8) is 0 Å². The molecule has 6 nitrogen and oxygen atoms in total. The molecule has 0 spiro atoms. The predicted octanol–water partition coefficient (Wildman–Crippen LogP) is 4.87. The van der Waals surface area contributed by atoms with E-state index in [9.17, 15) is 4.79 Å². The highest BCUT2D eigenvalue weighted by Gasteiger charge is 2.09. The summed E-state index contributed by atoms with van der Waals surface area (Å²) in [6, 6.07) is 16.8. The molecule has 0 atom stereocenters. The molecule has 0 fully saturated rings. The molecule has 29 heavy (non-hydrogen) atoms. The smallest absolute Gasteiger partial charge is 0.234 e. The second-order valence-electron chi connectivity index (χ2n) is 5.95. The zero-order valence-electron chi connectivity index (χ0n) is 15.9.